The summed E-state index contributed by atoms with van der Waals surface area (Å²) in [6, 6.07) is 0. The van der Waals surface area contributed by atoms with E-state index in [0.717, 1.165) is 6.42 Å². The predicted molar refractivity (Wildman–Crippen MR) is 59.6 cm³/mol. The van der Waals surface area contributed by atoms with Gasteiger partial charge in [0, 0.05) is 0 Å². The van der Waals surface area contributed by atoms with Crippen molar-refractivity contribution in [3.05, 3.63) is 59.8 Å². The smallest absolute Gasteiger partial charge is 0.00667 e. The van der Waals surface area contributed by atoms with Crippen molar-refractivity contribution in [2.24, 2.45) is 0 Å². The summed E-state index contributed by atoms with van der Waals surface area (Å²) in [5, 5.41) is 0. The fourth-order valence-electron chi connectivity index (χ4n) is 1.30. The van der Waals surface area contributed by atoms with Crippen molar-refractivity contribution in [3.63, 3.8) is 0 Å². The van der Waals surface area contributed by atoms with Crippen LogP contribution in [0.15, 0.2) is 59.8 Å². The van der Waals surface area contributed by atoms with Gasteiger partial charge in [0.05, 0.1) is 0 Å². The maximum Gasteiger partial charge on any atom is -0.00667 e. The van der Waals surface area contributed by atoms with Crippen LogP contribution in [0.25, 0.3) is 0 Å². The zero-order valence-corrected chi connectivity index (χ0v) is 8.43. The molecule has 13 heavy (non-hydrogen) atoms. The molecule has 0 aliphatic heterocycles. The molecule has 0 spiro atoms. The molecular weight excluding hydrogens is 156 g/mol. The van der Waals surface area contributed by atoms with Gasteiger partial charge in [-0.2, -0.15) is 0 Å². The third-order valence-electron chi connectivity index (χ3n) is 2.15. The molecule has 0 saturated heterocycles. The first-order valence-corrected chi connectivity index (χ1v) is 4.50. The highest BCUT2D eigenvalue weighted by Crippen LogP contribution is 2.24. The van der Waals surface area contributed by atoms with Crippen LogP contribution >= 0.6 is 0 Å². The molecule has 0 aromatic heterocycles. The van der Waals surface area contributed by atoms with Crippen LogP contribution in [0.1, 0.15) is 20.3 Å². The van der Waals surface area contributed by atoms with Gasteiger partial charge in [-0.1, -0.05) is 48.6 Å². The molecule has 0 heteroatoms. The first kappa shape index (κ1) is 9.79. The monoisotopic (exact) mass is 172 g/mol. The molecule has 0 aromatic carbocycles. The van der Waals surface area contributed by atoms with E-state index in [1.54, 1.807) is 0 Å². The summed E-state index contributed by atoms with van der Waals surface area (Å²) in [5.74, 6) is 0. The minimum absolute atomic E-state index is 0.993. The van der Waals surface area contributed by atoms with Crippen LogP contribution in [0.5, 0.6) is 0 Å². The quantitative estimate of drug-likeness (QED) is 0.553. The summed E-state index contributed by atoms with van der Waals surface area (Å²) < 4.78 is 0. The molecule has 0 bridgehead atoms. The highest BCUT2D eigenvalue weighted by atomic mass is 14.1. The molecule has 1 rings (SSSR count). The average molecular weight is 172 g/mol. The molecule has 0 aromatic rings. The highest BCUT2D eigenvalue weighted by molar-refractivity contribution is 5.48. The molecule has 1 aliphatic carbocycles. The lowest BCUT2D eigenvalue weighted by molar-refractivity contribution is 1.11. The van der Waals surface area contributed by atoms with E-state index in [0.29, 0.717) is 0 Å². The van der Waals surface area contributed by atoms with E-state index in [-0.39, 0.29) is 0 Å². The first-order chi connectivity index (χ1) is 6.13. The Kier molecular flexibility index (Phi) is 3.07. The van der Waals surface area contributed by atoms with Gasteiger partial charge in [0.2, 0.25) is 0 Å². The molecule has 0 saturated carbocycles. The zero-order valence-electron chi connectivity index (χ0n) is 8.43. The van der Waals surface area contributed by atoms with Crippen molar-refractivity contribution in [2.75, 3.05) is 0 Å². The van der Waals surface area contributed by atoms with Crippen LogP contribution in [0, 0.1) is 0 Å². The van der Waals surface area contributed by atoms with Crippen molar-refractivity contribution < 1.29 is 0 Å². The van der Waals surface area contributed by atoms with E-state index in [2.05, 4.69) is 38.3 Å². The number of hydrogen-bond donors (Lipinski definition) is 0. The van der Waals surface area contributed by atoms with Gasteiger partial charge in [0.15, 0.2) is 0 Å². The summed E-state index contributed by atoms with van der Waals surface area (Å²) in [4.78, 5) is 0. The second kappa shape index (κ2) is 4.08. The summed E-state index contributed by atoms with van der Waals surface area (Å²) in [6.07, 6.45) is 9.25. The summed E-state index contributed by atoms with van der Waals surface area (Å²) in [6.45, 7) is 11.9. The van der Waals surface area contributed by atoms with Gasteiger partial charge in [-0.05, 0) is 31.4 Å². The number of rotatable bonds is 2. The Labute approximate surface area is 80.7 Å². The Bertz CT molecular complexity index is 322. The van der Waals surface area contributed by atoms with E-state index in [1.807, 2.05) is 13.0 Å². The van der Waals surface area contributed by atoms with Crippen LogP contribution in [-0.2, 0) is 0 Å². The van der Waals surface area contributed by atoms with Gasteiger partial charge in [-0.3, -0.25) is 0 Å². The molecule has 1 aliphatic rings. The van der Waals surface area contributed by atoms with E-state index < -0.39 is 0 Å². The molecular formula is C13H16. The van der Waals surface area contributed by atoms with Gasteiger partial charge in [-0.25, -0.2) is 0 Å². The zero-order chi connectivity index (χ0) is 9.84. The topological polar surface area (TPSA) is 0 Å². The lowest BCUT2D eigenvalue weighted by atomic mass is 9.93. The molecule has 0 fully saturated rings. The Morgan fingerprint density at radius 1 is 1.46 bits per heavy atom. The highest BCUT2D eigenvalue weighted by Gasteiger charge is 2.04. The SMILES string of the molecule is C=C/C(C)=C\C1=CC=C(C)CC1=C. The van der Waals surface area contributed by atoms with E-state index in [4.69, 9.17) is 0 Å². The van der Waals surface area contributed by atoms with Crippen LogP contribution < -0.4 is 0 Å². The van der Waals surface area contributed by atoms with Crippen molar-refractivity contribution in [2.45, 2.75) is 20.3 Å². The molecule has 0 radical (unpaired) electrons. The van der Waals surface area contributed by atoms with Gasteiger partial charge in [0.1, 0.15) is 0 Å². The van der Waals surface area contributed by atoms with Crippen LogP contribution in [0.3, 0.4) is 0 Å². The minimum atomic E-state index is 0.993. The fourth-order valence-corrected chi connectivity index (χ4v) is 1.30. The third kappa shape index (κ3) is 2.59. The Balaban J connectivity index is 2.93. The second-order valence-corrected chi connectivity index (χ2v) is 3.51. The third-order valence-corrected chi connectivity index (χ3v) is 2.15. The summed E-state index contributed by atoms with van der Waals surface area (Å²) in [7, 11) is 0. The number of allylic oxidation sites excluding steroid dienone is 8. The van der Waals surface area contributed by atoms with Crippen molar-refractivity contribution >= 4 is 0 Å². The van der Waals surface area contributed by atoms with E-state index in [1.165, 1.54) is 22.3 Å². The normalized spacial score (nSPS) is 18.0. The van der Waals surface area contributed by atoms with E-state index in [9.17, 15) is 0 Å². The van der Waals surface area contributed by atoms with Crippen LogP contribution in [-0.4, -0.2) is 0 Å². The maximum absolute atomic E-state index is 4.05. The molecule has 68 valence electrons. The Hall–Kier alpha value is -1.30. The van der Waals surface area contributed by atoms with Gasteiger partial charge in [0.25, 0.3) is 0 Å². The molecule has 0 N–H and O–H groups in total. The summed E-state index contributed by atoms with van der Waals surface area (Å²) >= 11 is 0. The predicted octanol–water partition coefficient (Wildman–Crippen LogP) is 3.95. The fraction of sp³-hybridized carbons (Fsp3) is 0.231. The average Bonchev–Trinajstić information content (AvgIpc) is 2.09. The van der Waals surface area contributed by atoms with Crippen LogP contribution in [0.4, 0.5) is 0 Å². The molecule has 0 unspecified atom stereocenters. The second-order valence-electron chi connectivity index (χ2n) is 3.51. The standard InChI is InChI=1S/C13H16/c1-5-10(2)9-13-7-6-11(3)8-12(13)4/h5-7,9H,1,4,8H2,2-3H3/b10-9-. The van der Waals surface area contributed by atoms with Crippen molar-refractivity contribution in [3.8, 4) is 0 Å². The lowest BCUT2D eigenvalue weighted by Gasteiger charge is -2.12. The van der Waals surface area contributed by atoms with Gasteiger partial charge in [-0.15, -0.1) is 0 Å². The molecule has 0 atom stereocenters. The van der Waals surface area contributed by atoms with E-state index >= 15 is 0 Å². The first-order valence-electron chi connectivity index (χ1n) is 4.50. The Morgan fingerprint density at radius 2 is 2.15 bits per heavy atom. The Morgan fingerprint density at radius 3 is 2.69 bits per heavy atom. The minimum Gasteiger partial charge on any atom is -0.0988 e. The van der Waals surface area contributed by atoms with Crippen molar-refractivity contribution in [1.29, 1.82) is 0 Å². The van der Waals surface area contributed by atoms with Crippen molar-refractivity contribution in [1.82, 2.24) is 0 Å². The molecule has 0 amide bonds. The molecule has 0 heterocycles. The maximum atomic E-state index is 4.05. The number of hydrogen-bond acceptors (Lipinski definition) is 0. The van der Waals surface area contributed by atoms with Crippen LogP contribution in [0.2, 0.25) is 0 Å². The summed E-state index contributed by atoms with van der Waals surface area (Å²) in [5.41, 5.74) is 4.97. The lowest BCUT2D eigenvalue weighted by Crippen LogP contribution is -1.92. The van der Waals surface area contributed by atoms with Gasteiger partial charge >= 0.3 is 0 Å². The molecule has 0 nitrogen and oxygen atoms in total. The van der Waals surface area contributed by atoms with Gasteiger partial charge < -0.3 is 0 Å². The largest absolute Gasteiger partial charge is 0.0988 e.